The van der Waals surface area contributed by atoms with Gasteiger partial charge >= 0.3 is 0 Å². The molecule has 148 valence electrons. The topological polar surface area (TPSA) is 84.5 Å². The van der Waals surface area contributed by atoms with Gasteiger partial charge in [-0.05, 0) is 41.5 Å². The van der Waals surface area contributed by atoms with Gasteiger partial charge in [0.1, 0.15) is 5.69 Å². The van der Waals surface area contributed by atoms with Gasteiger partial charge in [-0.15, -0.1) is 11.3 Å². The number of benzene rings is 1. The molecule has 0 saturated heterocycles. The lowest BCUT2D eigenvalue weighted by Crippen LogP contribution is -2.41. The van der Waals surface area contributed by atoms with Gasteiger partial charge in [0.2, 0.25) is 0 Å². The molecule has 29 heavy (non-hydrogen) atoms. The van der Waals surface area contributed by atoms with Crippen LogP contribution in [0.25, 0.3) is 11.3 Å². The molecule has 0 aliphatic carbocycles. The summed E-state index contributed by atoms with van der Waals surface area (Å²) < 4.78 is 26.6. The van der Waals surface area contributed by atoms with Crippen molar-refractivity contribution in [2.24, 2.45) is 10.7 Å². The van der Waals surface area contributed by atoms with E-state index in [0.717, 1.165) is 0 Å². The van der Waals surface area contributed by atoms with Crippen molar-refractivity contribution in [2.75, 3.05) is 7.05 Å². The summed E-state index contributed by atoms with van der Waals surface area (Å²) in [6.07, 6.45) is -1.57. The first-order valence-corrected chi connectivity index (χ1v) is 9.72. The zero-order valence-corrected chi connectivity index (χ0v) is 16.6. The highest BCUT2D eigenvalue weighted by Crippen LogP contribution is 2.42. The number of rotatable bonds is 4. The number of pyridine rings is 1. The Morgan fingerprint density at radius 1 is 1.21 bits per heavy atom. The highest BCUT2D eigenvalue weighted by atomic mass is 35.5. The molecule has 0 saturated carbocycles. The zero-order chi connectivity index (χ0) is 20.8. The second-order valence-corrected chi connectivity index (χ2v) is 7.57. The summed E-state index contributed by atoms with van der Waals surface area (Å²) in [6, 6.07) is 7.65. The first kappa shape index (κ1) is 19.4. The molecule has 0 radical (unpaired) electrons. The number of aliphatic imine (C=N–C) groups is 1. The smallest absolute Gasteiger partial charge is 0.280 e. The van der Waals surface area contributed by atoms with E-state index in [1.807, 2.05) is 5.38 Å². The Hall–Kier alpha value is -2.91. The van der Waals surface area contributed by atoms with Crippen molar-refractivity contribution in [2.45, 2.75) is 12.0 Å². The summed E-state index contributed by atoms with van der Waals surface area (Å²) in [6.45, 7) is 0. The van der Waals surface area contributed by atoms with E-state index < -0.39 is 23.6 Å². The Balaban J connectivity index is 1.99. The van der Waals surface area contributed by atoms with Gasteiger partial charge in [0.15, 0.2) is 11.5 Å². The van der Waals surface area contributed by atoms with E-state index >= 15 is 0 Å². The van der Waals surface area contributed by atoms with Crippen LogP contribution in [0.3, 0.4) is 0 Å². The molecular weight excluding hydrogens is 420 g/mol. The number of hydrogen-bond donors (Lipinski definition) is 1. The van der Waals surface area contributed by atoms with Crippen molar-refractivity contribution in [3.05, 3.63) is 69.3 Å². The van der Waals surface area contributed by atoms with Crippen LogP contribution in [-0.4, -0.2) is 33.8 Å². The average molecular weight is 434 g/mol. The van der Waals surface area contributed by atoms with E-state index in [2.05, 4.69) is 15.0 Å². The molecule has 3 heterocycles. The Morgan fingerprint density at radius 2 is 2.00 bits per heavy atom. The Morgan fingerprint density at radius 3 is 2.62 bits per heavy atom. The van der Waals surface area contributed by atoms with Crippen LogP contribution < -0.4 is 5.73 Å². The quantitative estimate of drug-likeness (QED) is 0.677. The molecule has 10 heteroatoms. The highest BCUT2D eigenvalue weighted by molar-refractivity contribution is 7.07. The first-order valence-electron chi connectivity index (χ1n) is 8.40. The van der Waals surface area contributed by atoms with Crippen molar-refractivity contribution in [3.63, 3.8) is 0 Å². The Labute approximate surface area is 173 Å². The molecule has 1 unspecified atom stereocenters. The van der Waals surface area contributed by atoms with Crippen molar-refractivity contribution in [3.8, 4) is 11.3 Å². The third-order valence-corrected chi connectivity index (χ3v) is 5.51. The molecule has 3 aromatic rings. The standard InChI is InChI=1S/C19H14ClF2N5OS/c1-27-17(28)19(26-18(27)23,11-2-3-24-14(7-11)16(21)22)12-4-10(5-13(20)6-12)15-8-29-9-25-15/h2-9,16H,1H3,(H2,23,26). The molecule has 0 spiro atoms. The number of halogens is 3. The molecular formula is C19H14ClF2N5OS. The molecule has 2 aromatic heterocycles. The number of alkyl halides is 2. The number of thiazole rings is 1. The van der Waals surface area contributed by atoms with E-state index in [0.29, 0.717) is 21.8 Å². The molecule has 1 aliphatic heterocycles. The van der Waals surface area contributed by atoms with Gasteiger partial charge < -0.3 is 5.73 Å². The summed E-state index contributed by atoms with van der Waals surface area (Å²) in [5.74, 6) is -0.506. The lowest BCUT2D eigenvalue weighted by molar-refractivity contribution is -0.129. The largest absolute Gasteiger partial charge is 0.369 e. The lowest BCUT2D eigenvalue weighted by atomic mass is 9.82. The SMILES string of the molecule is CN1C(=O)C(c2cc(Cl)cc(-c3cscn3)c2)(c2ccnc(C(F)F)c2)N=C1N. The maximum Gasteiger partial charge on any atom is 0.280 e. The monoisotopic (exact) mass is 433 g/mol. The van der Waals surface area contributed by atoms with Gasteiger partial charge in [-0.3, -0.25) is 14.7 Å². The molecule has 1 aromatic carbocycles. The van der Waals surface area contributed by atoms with Crippen molar-refractivity contribution in [1.29, 1.82) is 0 Å². The van der Waals surface area contributed by atoms with Crippen molar-refractivity contribution >= 4 is 34.8 Å². The van der Waals surface area contributed by atoms with E-state index in [-0.39, 0.29) is 11.5 Å². The number of aromatic nitrogens is 2. The van der Waals surface area contributed by atoms with Gasteiger partial charge in [0, 0.05) is 29.2 Å². The van der Waals surface area contributed by atoms with Crippen LogP contribution >= 0.6 is 22.9 Å². The fraction of sp³-hybridized carbons (Fsp3) is 0.158. The molecule has 2 N–H and O–H groups in total. The predicted molar refractivity (Wildman–Crippen MR) is 107 cm³/mol. The number of carbonyl (C=O) groups is 1. The molecule has 1 aliphatic rings. The maximum atomic E-state index is 13.3. The zero-order valence-electron chi connectivity index (χ0n) is 15.0. The van der Waals surface area contributed by atoms with E-state index in [9.17, 15) is 13.6 Å². The summed E-state index contributed by atoms with van der Waals surface area (Å²) in [7, 11) is 1.48. The number of likely N-dealkylation sites (N-methyl/N-ethyl adjacent to an activating group) is 1. The van der Waals surface area contributed by atoms with E-state index in [1.165, 1.54) is 41.6 Å². The molecule has 1 amide bonds. The minimum Gasteiger partial charge on any atom is -0.369 e. The summed E-state index contributed by atoms with van der Waals surface area (Å²) in [4.78, 5) is 26.8. The van der Waals surface area contributed by atoms with E-state index in [4.69, 9.17) is 17.3 Å². The maximum absolute atomic E-state index is 13.3. The Kier molecular flexibility index (Phi) is 4.79. The average Bonchev–Trinajstić information content (AvgIpc) is 3.32. The van der Waals surface area contributed by atoms with Gasteiger partial charge in [-0.2, -0.15) is 0 Å². The van der Waals surface area contributed by atoms with Gasteiger partial charge in [-0.25, -0.2) is 18.8 Å². The number of carbonyl (C=O) groups excluding carboxylic acids is 1. The Bertz CT molecular complexity index is 1120. The summed E-state index contributed by atoms with van der Waals surface area (Å²) >= 11 is 7.75. The number of nitrogens with two attached hydrogens (primary N) is 1. The number of amides is 1. The van der Waals surface area contributed by atoms with Crippen LogP contribution in [0.5, 0.6) is 0 Å². The molecule has 4 rings (SSSR count). The van der Waals surface area contributed by atoms with Crippen LogP contribution in [0.2, 0.25) is 5.02 Å². The predicted octanol–water partition coefficient (Wildman–Crippen LogP) is 3.83. The van der Waals surface area contributed by atoms with Crippen molar-refractivity contribution < 1.29 is 13.6 Å². The van der Waals surface area contributed by atoms with E-state index in [1.54, 1.807) is 23.7 Å². The van der Waals surface area contributed by atoms with Crippen LogP contribution in [0.15, 0.2) is 52.4 Å². The molecule has 1 atom stereocenters. The fourth-order valence-corrected chi connectivity index (χ4v) is 4.07. The summed E-state index contributed by atoms with van der Waals surface area (Å²) in [5.41, 5.74) is 7.47. The van der Waals surface area contributed by atoms with Crippen LogP contribution in [-0.2, 0) is 10.3 Å². The fourth-order valence-electron chi connectivity index (χ4n) is 3.28. The van der Waals surface area contributed by atoms with Crippen LogP contribution in [0.4, 0.5) is 8.78 Å². The summed E-state index contributed by atoms with van der Waals surface area (Å²) in [5, 5.41) is 2.19. The third-order valence-electron chi connectivity index (χ3n) is 4.71. The third kappa shape index (κ3) is 3.16. The lowest BCUT2D eigenvalue weighted by Gasteiger charge is -2.27. The second-order valence-electron chi connectivity index (χ2n) is 6.42. The molecule has 0 bridgehead atoms. The molecule has 0 fully saturated rings. The number of nitrogens with zero attached hydrogens (tertiary/aromatic N) is 4. The number of hydrogen-bond acceptors (Lipinski definition) is 6. The normalized spacial score (nSPS) is 19.1. The van der Waals surface area contributed by atoms with Gasteiger partial charge in [0.05, 0.1) is 11.2 Å². The second kappa shape index (κ2) is 7.16. The minimum absolute atomic E-state index is 0.0272. The number of guanidine groups is 1. The molecule has 6 nitrogen and oxygen atoms in total. The van der Waals surface area contributed by atoms with Crippen molar-refractivity contribution in [1.82, 2.24) is 14.9 Å². The minimum atomic E-state index is -2.80. The van der Waals surface area contributed by atoms with Gasteiger partial charge in [-0.1, -0.05) is 11.6 Å². The van der Waals surface area contributed by atoms with Gasteiger partial charge in [0.25, 0.3) is 12.3 Å². The highest BCUT2D eigenvalue weighted by Gasteiger charge is 2.50. The van der Waals surface area contributed by atoms with Crippen LogP contribution in [0.1, 0.15) is 23.2 Å². The van der Waals surface area contributed by atoms with Crippen LogP contribution in [0, 0.1) is 0 Å². The first-order chi connectivity index (χ1) is 13.8.